The molecule has 0 saturated heterocycles. The molecular weight excluding hydrogens is 304 g/mol. The van der Waals surface area contributed by atoms with Gasteiger partial charge >= 0.3 is 0 Å². The van der Waals surface area contributed by atoms with Crippen LogP contribution in [0.1, 0.15) is 74.9 Å². The van der Waals surface area contributed by atoms with Gasteiger partial charge in [-0.3, -0.25) is 0 Å². The lowest BCUT2D eigenvalue weighted by atomic mass is 9.78. The van der Waals surface area contributed by atoms with Crippen LogP contribution in [0.2, 0.25) is 0 Å². The van der Waals surface area contributed by atoms with E-state index in [9.17, 15) is 5.11 Å². The highest BCUT2D eigenvalue weighted by molar-refractivity contribution is 5.80. The maximum atomic E-state index is 11.2. The Morgan fingerprint density at radius 3 is 1.68 bits per heavy atom. The average Bonchev–Trinajstić information content (AvgIpc) is 2.44. The first-order chi connectivity index (χ1) is 11.2. The topological polar surface area (TPSA) is 20.2 Å². The van der Waals surface area contributed by atoms with Crippen LogP contribution in [0.4, 0.5) is 0 Å². The van der Waals surface area contributed by atoms with E-state index < -0.39 is 0 Å². The SMILES string of the molecule is Cc1cc(C(C)(C)C)cc(-c2c(C)c(C)cc(C(C)(C)C)c2O)c1C. The minimum absolute atomic E-state index is 0.0768. The number of phenols is 1. The molecule has 0 bridgehead atoms. The summed E-state index contributed by atoms with van der Waals surface area (Å²) in [6, 6.07) is 6.70. The Bertz CT molecular complexity index is 812. The smallest absolute Gasteiger partial charge is 0.127 e. The van der Waals surface area contributed by atoms with Crippen molar-refractivity contribution in [3.8, 4) is 16.9 Å². The molecule has 0 spiro atoms. The molecule has 2 aromatic rings. The second-order valence-corrected chi connectivity index (χ2v) is 9.56. The lowest BCUT2D eigenvalue weighted by Gasteiger charge is -2.27. The van der Waals surface area contributed by atoms with Gasteiger partial charge in [0.1, 0.15) is 5.75 Å². The van der Waals surface area contributed by atoms with Gasteiger partial charge in [0.05, 0.1) is 0 Å². The standard InChI is InChI=1S/C24H34O/c1-14-11-18(23(5,6)7)13-19(16(14)3)21-17(4)15(2)12-20(22(21)25)24(8,9)10/h11-13,25H,1-10H3. The van der Waals surface area contributed by atoms with Crippen molar-refractivity contribution in [2.75, 3.05) is 0 Å². The summed E-state index contributed by atoms with van der Waals surface area (Å²) in [7, 11) is 0. The van der Waals surface area contributed by atoms with E-state index in [4.69, 9.17) is 0 Å². The summed E-state index contributed by atoms with van der Waals surface area (Å²) in [5.41, 5.74) is 9.39. The van der Waals surface area contributed by atoms with E-state index in [-0.39, 0.29) is 10.8 Å². The van der Waals surface area contributed by atoms with Crippen molar-refractivity contribution in [1.82, 2.24) is 0 Å². The molecule has 0 aliphatic heterocycles. The number of hydrogen-bond donors (Lipinski definition) is 1. The Morgan fingerprint density at radius 2 is 1.20 bits per heavy atom. The first-order valence-electron chi connectivity index (χ1n) is 9.21. The molecule has 1 heteroatoms. The molecule has 0 saturated carbocycles. The normalized spacial score (nSPS) is 12.6. The Kier molecular flexibility index (Phi) is 4.85. The van der Waals surface area contributed by atoms with Gasteiger partial charge in [-0.05, 0) is 71.9 Å². The third-order valence-electron chi connectivity index (χ3n) is 5.43. The Morgan fingerprint density at radius 1 is 0.680 bits per heavy atom. The zero-order valence-corrected chi connectivity index (χ0v) is 17.7. The van der Waals surface area contributed by atoms with E-state index in [1.54, 1.807) is 0 Å². The summed E-state index contributed by atoms with van der Waals surface area (Å²) >= 11 is 0. The maximum absolute atomic E-state index is 11.2. The third kappa shape index (κ3) is 3.61. The molecular formula is C24H34O. The molecule has 1 nitrogen and oxygen atoms in total. The molecule has 0 unspecified atom stereocenters. The lowest BCUT2D eigenvalue weighted by molar-refractivity contribution is 0.448. The van der Waals surface area contributed by atoms with E-state index in [0.717, 1.165) is 16.7 Å². The largest absolute Gasteiger partial charge is 0.507 e. The fraction of sp³-hybridized carbons (Fsp3) is 0.500. The second-order valence-electron chi connectivity index (χ2n) is 9.56. The van der Waals surface area contributed by atoms with E-state index in [2.05, 4.69) is 87.4 Å². The minimum Gasteiger partial charge on any atom is -0.507 e. The zero-order valence-electron chi connectivity index (χ0n) is 17.7. The predicted molar refractivity (Wildman–Crippen MR) is 110 cm³/mol. The molecule has 0 aromatic heterocycles. The van der Waals surface area contributed by atoms with Crippen LogP contribution in [0.15, 0.2) is 18.2 Å². The van der Waals surface area contributed by atoms with Gasteiger partial charge < -0.3 is 5.11 Å². The molecule has 0 amide bonds. The predicted octanol–water partition coefficient (Wildman–Crippen LogP) is 6.89. The van der Waals surface area contributed by atoms with Crippen LogP contribution in [-0.4, -0.2) is 5.11 Å². The van der Waals surface area contributed by atoms with Gasteiger partial charge in [-0.2, -0.15) is 0 Å². The highest BCUT2D eigenvalue weighted by Crippen LogP contribution is 2.44. The van der Waals surface area contributed by atoms with Gasteiger partial charge in [0.2, 0.25) is 0 Å². The van der Waals surface area contributed by atoms with Crippen LogP contribution in [-0.2, 0) is 10.8 Å². The number of aromatic hydroxyl groups is 1. The summed E-state index contributed by atoms with van der Waals surface area (Å²) in [6.07, 6.45) is 0. The molecule has 0 aliphatic rings. The molecule has 0 atom stereocenters. The highest BCUT2D eigenvalue weighted by Gasteiger charge is 2.25. The molecule has 136 valence electrons. The quantitative estimate of drug-likeness (QED) is 0.600. The van der Waals surface area contributed by atoms with E-state index in [0.29, 0.717) is 5.75 Å². The zero-order chi connectivity index (χ0) is 19.3. The van der Waals surface area contributed by atoms with Crippen LogP contribution in [0.3, 0.4) is 0 Å². The second kappa shape index (κ2) is 6.20. The van der Waals surface area contributed by atoms with Crippen molar-refractivity contribution in [3.63, 3.8) is 0 Å². The van der Waals surface area contributed by atoms with E-state index >= 15 is 0 Å². The first-order valence-corrected chi connectivity index (χ1v) is 9.21. The van der Waals surface area contributed by atoms with Crippen LogP contribution in [0.5, 0.6) is 5.75 Å². The monoisotopic (exact) mass is 338 g/mol. The van der Waals surface area contributed by atoms with Crippen molar-refractivity contribution in [2.24, 2.45) is 0 Å². The van der Waals surface area contributed by atoms with E-state index in [1.165, 1.54) is 27.8 Å². The number of hydrogen-bond acceptors (Lipinski definition) is 1. The summed E-state index contributed by atoms with van der Waals surface area (Å²) in [6.45, 7) is 21.8. The summed E-state index contributed by atoms with van der Waals surface area (Å²) in [5, 5.41) is 11.2. The van der Waals surface area contributed by atoms with Crippen molar-refractivity contribution in [2.45, 2.75) is 80.1 Å². The van der Waals surface area contributed by atoms with E-state index in [1.807, 2.05) is 0 Å². The third-order valence-corrected chi connectivity index (χ3v) is 5.43. The Hall–Kier alpha value is -1.76. The van der Waals surface area contributed by atoms with Crippen LogP contribution < -0.4 is 0 Å². The molecule has 25 heavy (non-hydrogen) atoms. The fourth-order valence-electron chi connectivity index (χ4n) is 3.36. The van der Waals surface area contributed by atoms with Gasteiger partial charge in [0.25, 0.3) is 0 Å². The van der Waals surface area contributed by atoms with Crippen molar-refractivity contribution < 1.29 is 5.11 Å². The summed E-state index contributed by atoms with van der Waals surface area (Å²) in [4.78, 5) is 0. The fourth-order valence-corrected chi connectivity index (χ4v) is 3.36. The van der Waals surface area contributed by atoms with Gasteiger partial charge in [-0.25, -0.2) is 0 Å². The maximum Gasteiger partial charge on any atom is 0.127 e. The Labute approximate surface area is 154 Å². The van der Waals surface area contributed by atoms with Gasteiger partial charge in [0, 0.05) is 11.1 Å². The van der Waals surface area contributed by atoms with Crippen molar-refractivity contribution >= 4 is 0 Å². The number of phenolic OH excluding ortho intramolecular Hbond substituents is 1. The average molecular weight is 339 g/mol. The first kappa shape index (κ1) is 19.6. The number of rotatable bonds is 1. The minimum atomic E-state index is -0.0954. The van der Waals surface area contributed by atoms with Gasteiger partial charge in [-0.15, -0.1) is 0 Å². The van der Waals surface area contributed by atoms with Crippen molar-refractivity contribution in [1.29, 1.82) is 0 Å². The molecule has 0 fully saturated rings. The Balaban J connectivity index is 2.92. The summed E-state index contributed by atoms with van der Waals surface area (Å²) < 4.78 is 0. The van der Waals surface area contributed by atoms with Crippen LogP contribution in [0.25, 0.3) is 11.1 Å². The van der Waals surface area contributed by atoms with Gasteiger partial charge in [0.15, 0.2) is 0 Å². The highest BCUT2D eigenvalue weighted by atomic mass is 16.3. The lowest BCUT2D eigenvalue weighted by Crippen LogP contribution is -2.14. The molecule has 0 radical (unpaired) electrons. The summed E-state index contributed by atoms with van der Waals surface area (Å²) in [5.74, 6) is 0.434. The molecule has 2 rings (SSSR count). The number of benzene rings is 2. The molecule has 2 aromatic carbocycles. The van der Waals surface area contributed by atoms with Crippen LogP contribution in [0, 0.1) is 27.7 Å². The molecule has 0 aliphatic carbocycles. The van der Waals surface area contributed by atoms with Gasteiger partial charge in [-0.1, -0.05) is 59.7 Å². The molecule has 1 N–H and O–H groups in total. The van der Waals surface area contributed by atoms with Crippen LogP contribution >= 0.6 is 0 Å². The van der Waals surface area contributed by atoms with Crippen molar-refractivity contribution in [3.05, 3.63) is 51.6 Å². The number of aryl methyl sites for hydroxylation is 2. The molecule has 0 heterocycles.